The van der Waals surface area contributed by atoms with E-state index in [2.05, 4.69) is 11.0 Å². The molecule has 2 fully saturated rings. The summed E-state index contributed by atoms with van der Waals surface area (Å²) in [4.78, 5) is 30.9. The Morgan fingerprint density at radius 1 is 1.07 bits per heavy atom. The summed E-state index contributed by atoms with van der Waals surface area (Å²) in [6.45, 7) is 2.91. The first-order valence-corrected chi connectivity index (χ1v) is 9.80. The van der Waals surface area contributed by atoms with Gasteiger partial charge in [0.05, 0.1) is 12.6 Å². The highest BCUT2D eigenvalue weighted by Gasteiger charge is 2.39. The number of hydrogen-bond acceptors (Lipinski definition) is 4. The molecule has 0 radical (unpaired) electrons. The van der Waals surface area contributed by atoms with Crippen LogP contribution < -0.4 is 0 Å². The number of carbonyl (C=O) groups excluding carboxylic acids is 2. The van der Waals surface area contributed by atoms with Gasteiger partial charge in [-0.1, -0.05) is 37.5 Å². The van der Waals surface area contributed by atoms with Crippen molar-refractivity contribution < 1.29 is 9.59 Å². The molecule has 1 aromatic carbocycles. The van der Waals surface area contributed by atoms with Crippen molar-refractivity contribution in [3.8, 4) is 6.07 Å². The van der Waals surface area contributed by atoms with Gasteiger partial charge < -0.3 is 9.80 Å². The summed E-state index contributed by atoms with van der Waals surface area (Å²) in [6.07, 6.45) is 4.69. The van der Waals surface area contributed by atoms with E-state index < -0.39 is 5.54 Å². The van der Waals surface area contributed by atoms with Gasteiger partial charge in [0.2, 0.25) is 5.91 Å². The number of rotatable bonds is 4. The van der Waals surface area contributed by atoms with Crippen molar-refractivity contribution in [2.24, 2.45) is 0 Å². The number of nitriles is 1. The minimum atomic E-state index is -0.638. The normalized spacial score (nSPS) is 19.9. The number of carbonyl (C=O) groups is 2. The summed E-state index contributed by atoms with van der Waals surface area (Å²) in [6, 6.07) is 11.7. The van der Waals surface area contributed by atoms with Crippen LogP contribution in [-0.2, 0) is 4.79 Å². The molecule has 1 saturated heterocycles. The van der Waals surface area contributed by atoms with Gasteiger partial charge in [-0.25, -0.2) is 0 Å². The predicted octanol–water partition coefficient (Wildman–Crippen LogP) is 2.13. The van der Waals surface area contributed by atoms with E-state index in [4.69, 9.17) is 0 Å². The van der Waals surface area contributed by atoms with Gasteiger partial charge >= 0.3 is 0 Å². The second kappa shape index (κ2) is 8.53. The largest absolute Gasteiger partial charge is 0.336 e. The highest BCUT2D eigenvalue weighted by Crippen LogP contribution is 2.32. The molecule has 0 aromatic heterocycles. The van der Waals surface area contributed by atoms with Gasteiger partial charge in [0, 0.05) is 38.8 Å². The number of amides is 2. The van der Waals surface area contributed by atoms with Crippen molar-refractivity contribution in [3.63, 3.8) is 0 Å². The fourth-order valence-corrected chi connectivity index (χ4v) is 4.07. The van der Waals surface area contributed by atoms with Crippen LogP contribution in [0.1, 0.15) is 42.5 Å². The van der Waals surface area contributed by atoms with Crippen LogP contribution in [0.2, 0.25) is 0 Å². The van der Waals surface area contributed by atoms with Crippen LogP contribution in [0.15, 0.2) is 30.3 Å². The van der Waals surface area contributed by atoms with Crippen molar-refractivity contribution in [1.82, 2.24) is 14.7 Å². The minimum Gasteiger partial charge on any atom is -0.336 e. The lowest BCUT2D eigenvalue weighted by molar-refractivity contribution is -0.136. The number of benzene rings is 1. The summed E-state index contributed by atoms with van der Waals surface area (Å²) in [5.74, 6) is 0.0469. The number of likely N-dealkylation sites (N-methyl/N-ethyl adjacent to an activating group) is 1. The van der Waals surface area contributed by atoms with E-state index >= 15 is 0 Å². The van der Waals surface area contributed by atoms with E-state index in [9.17, 15) is 14.9 Å². The predicted molar refractivity (Wildman–Crippen MR) is 103 cm³/mol. The second-order valence-corrected chi connectivity index (χ2v) is 7.59. The lowest BCUT2D eigenvalue weighted by atomic mass is 9.81. The van der Waals surface area contributed by atoms with Gasteiger partial charge in [-0.2, -0.15) is 5.26 Å². The SMILES string of the molecule is CN(C(=O)CN1CCN(C(=O)c2ccccc2)CC1)C1(C#N)CCCCC1. The first-order chi connectivity index (χ1) is 13.1. The third kappa shape index (κ3) is 4.30. The zero-order valence-corrected chi connectivity index (χ0v) is 16.1. The first kappa shape index (κ1) is 19.4. The fraction of sp³-hybridized carbons (Fsp3) is 0.571. The quantitative estimate of drug-likeness (QED) is 0.816. The third-order valence-corrected chi connectivity index (χ3v) is 5.94. The van der Waals surface area contributed by atoms with E-state index in [1.807, 2.05) is 35.2 Å². The zero-order valence-electron chi connectivity index (χ0n) is 16.1. The van der Waals surface area contributed by atoms with Gasteiger partial charge in [-0.3, -0.25) is 14.5 Å². The van der Waals surface area contributed by atoms with Gasteiger partial charge in [0.1, 0.15) is 5.54 Å². The van der Waals surface area contributed by atoms with Crippen LogP contribution in [0.25, 0.3) is 0 Å². The second-order valence-electron chi connectivity index (χ2n) is 7.59. The Bertz CT molecular complexity index is 699. The van der Waals surface area contributed by atoms with Gasteiger partial charge in [-0.15, -0.1) is 0 Å². The van der Waals surface area contributed by atoms with Gasteiger partial charge in [0.15, 0.2) is 0 Å². The topological polar surface area (TPSA) is 67.7 Å². The van der Waals surface area contributed by atoms with Gasteiger partial charge in [0.25, 0.3) is 5.91 Å². The van der Waals surface area contributed by atoms with Gasteiger partial charge in [-0.05, 0) is 25.0 Å². The molecule has 1 aliphatic carbocycles. The molecular weight excluding hydrogens is 340 g/mol. The molecule has 0 N–H and O–H groups in total. The molecule has 2 aliphatic rings. The molecule has 0 atom stereocenters. The molecular formula is C21H28N4O2. The molecule has 0 spiro atoms. The van der Waals surface area contributed by atoms with Crippen molar-refractivity contribution in [2.75, 3.05) is 39.8 Å². The number of piperazine rings is 1. The van der Waals surface area contributed by atoms with E-state index in [-0.39, 0.29) is 11.8 Å². The molecule has 6 heteroatoms. The summed E-state index contributed by atoms with van der Waals surface area (Å²) in [7, 11) is 1.77. The van der Waals surface area contributed by atoms with Crippen molar-refractivity contribution >= 4 is 11.8 Å². The summed E-state index contributed by atoms with van der Waals surface area (Å²) in [5, 5.41) is 9.67. The van der Waals surface area contributed by atoms with Crippen LogP contribution in [0.4, 0.5) is 0 Å². The Morgan fingerprint density at radius 3 is 2.30 bits per heavy atom. The van der Waals surface area contributed by atoms with E-state index in [1.165, 1.54) is 0 Å². The Kier molecular flexibility index (Phi) is 6.12. The number of nitrogens with zero attached hydrogens (tertiary/aromatic N) is 4. The molecule has 144 valence electrons. The Labute approximate surface area is 161 Å². The molecule has 2 amide bonds. The smallest absolute Gasteiger partial charge is 0.253 e. The third-order valence-electron chi connectivity index (χ3n) is 5.94. The van der Waals surface area contributed by atoms with Crippen molar-refractivity contribution in [3.05, 3.63) is 35.9 Å². The molecule has 1 aliphatic heterocycles. The Morgan fingerprint density at radius 2 is 1.70 bits per heavy atom. The van der Waals surface area contributed by atoms with Crippen LogP contribution >= 0.6 is 0 Å². The molecule has 0 unspecified atom stereocenters. The van der Waals surface area contributed by atoms with Crippen molar-refractivity contribution in [1.29, 1.82) is 5.26 Å². The molecule has 3 rings (SSSR count). The minimum absolute atomic E-state index is 0.00119. The fourth-order valence-electron chi connectivity index (χ4n) is 4.07. The standard InChI is InChI=1S/C21H28N4O2/c1-23(21(17-22)10-6-3-7-11-21)19(26)16-24-12-14-25(15-13-24)20(27)18-8-4-2-5-9-18/h2,4-5,8-9H,3,6-7,10-16H2,1H3. The van der Waals surface area contributed by atoms with Crippen LogP contribution in [0.5, 0.6) is 0 Å². The maximum atomic E-state index is 12.8. The highest BCUT2D eigenvalue weighted by atomic mass is 16.2. The summed E-state index contributed by atoms with van der Waals surface area (Å²) < 4.78 is 0. The summed E-state index contributed by atoms with van der Waals surface area (Å²) in [5.41, 5.74) is 0.0653. The Balaban J connectivity index is 1.52. The highest BCUT2D eigenvalue weighted by molar-refractivity contribution is 5.94. The van der Waals surface area contributed by atoms with Crippen LogP contribution in [-0.4, -0.2) is 71.8 Å². The van der Waals surface area contributed by atoms with Crippen LogP contribution in [0.3, 0.4) is 0 Å². The molecule has 1 saturated carbocycles. The zero-order chi connectivity index (χ0) is 19.3. The lowest BCUT2D eigenvalue weighted by Crippen LogP contribution is -2.55. The lowest BCUT2D eigenvalue weighted by Gasteiger charge is -2.41. The van der Waals surface area contributed by atoms with E-state index in [0.717, 1.165) is 32.1 Å². The van der Waals surface area contributed by atoms with E-state index in [1.54, 1.807) is 11.9 Å². The molecule has 6 nitrogen and oxygen atoms in total. The average Bonchev–Trinajstić information content (AvgIpc) is 2.74. The first-order valence-electron chi connectivity index (χ1n) is 9.80. The summed E-state index contributed by atoms with van der Waals surface area (Å²) >= 11 is 0. The Hall–Kier alpha value is -2.39. The van der Waals surface area contributed by atoms with E-state index in [0.29, 0.717) is 38.3 Å². The maximum absolute atomic E-state index is 12.8. The van der Waals surface area contributed by atoms with Crippen molar-refractivity contribution in [2.45, 2.75) is 37.6 Å². The molecule has 27 heavy (non-hydrogen) atoms. The maximum Gasteiger partial charge on any atom is 0.253 e. The number of hydrogen-bond donors (Lipinski definition) is 0. The molecule has 0 bridgehead atoms. The molecule has 1 heterocycles. The average molecular weight is 368 g/mol. The molecule has 1 aromatic rings. The monoisotopic (exact) mass is 368 g/mol. The van der Waals surface area contributed by atoms with Crippen LogP contribution in [0, 0.1) is 11.3 Å².